The Bertz CT molecular complexity index is 1060. The van der Waals surface area contributed by atoms with E-state index in [9.17, 15) is 14.0 Å². The van der Waals surface area contributed by atoms with Gasteiger partial charge in [-0.15, -0.1) is 0 Å². The highest BCUT2D eigenvalue weighted by molar-refractivity contribution is 6.07. The van der Waals surface area contributed by atoms with Crippen LogP contribution < -0.4 is 15.4 Å². The zero-order valence-electron chi connectivity index (χ0n) is 16.9. The maximum Gasteiger partial charge on any atom is 0.291 e. The van der Waals surface area contributed by atoms with E-state index in [1.165, 1.54) is 24.3 Å². The van der Waals surface area contributed by atoms with Gasteiger partial charge in [0, 0.05) is 6.04 Å². The highest BCUT2D eigenvalue weighted by atomic mass is 19.1. The zero-order valence-corrected chi connectivity index (χ0v) is 16.9. The van der Waals surface area contributed by atoms with E-state index in [0.717, 1.165) is 25.7 Å². The summed E-state index contributed by atoms with van der Waals surface area (Å²) in [6.07, 6.45) is 4.20. The Balaban J connectivity index is 1.38. The third kappa shape index (κ3) is 5.31. The number of carbonyl (C=O) groups excluding carboxylic acids is 2. The molecule has 1 saturated carbocycles. The van der Waals surface area contributed by atoms with Crippen LogP contribution in [-0.4, -0.2) is 17.9 Å². The molecule has 1 aliphatic rings. The van der Waals surface area contributed by atoms with Gasteiger partial charge in [0.15, 0.2) is 5.76 Å². The van der Waals surface area contributed by atoms with Crippen molar-refractivity contribution in [3.63, 3.8) is 0 Å². The van der Waals surface area contributed by atoms with Crippen LogP contribution in [0, 0.1) is 5.82 Å². The normalized spacial score (nSPS) is 13.7. The smallest absolute Gasteiger partial charge is 0.291 e. The first-order chi connectivity index (χ1) is 15.1. The average Bonchev–Trinajstić information content (AvgIpc) is 3.46. The lowest BCUT2D eigenvalue weighted by atomic mass is 10.1. The van der Waals surface area contributed by atoms with Crippen LogP contribution in [-0.2, 0) is 6.61 Å². The Kier molecular flexibility index (Phi) is 6.31. The fraction of sp³-hybridized carbons (Fsp3) is 0.250. The lowest BCUT2D eigenvalue weighted by Crippen LogP contribution is -2.33. The lowest BCUT2D eigenvalue weighted by molar-refractivity contribution is 0.0938. The van der Waals surface area contributed by atoms with E-state index in [1.54, 1.807) is 36.4 Å². The maximum atomic E-state index is 13.0. The fourth-order valence-electron chi connectivity index (χ4n) is 3.57. The number of ether oxygens (including phenoxy) is 1. The Morgan fingerprint density at radius 2 is 1.71 bits per heavy atom. The van der Waals surface area contributed by atoms with Crippen LogP contribution in [0.15, 0.2) is 65.1 Å². The molecule has 2 aromatic carbocycles. The number of nitrogens with one attached hydrogen (secondary N) is 2. The Morgan fingerprint density at radius 3 is 2.48 bits per heavy atom. The summed E-state index contributed by atoms with van der Waals surface area (Å²) in [6.45, 7) is 0.0965. The number of rotatable bonds is 7. The van der Waals surface area contributed by atoms with Crippen molar-refractivity contribution in [3.8, 4) is 5.75 Å². The number of anilines is 1. The summed E-state index contributed by atoms with van der Waals surface area (Å²) in [5.41, 5.74) is 0.831. The van der Waals surface area contributed by atoms with Gasteiger partial charge in [0.25, 0.3) is 11.8 Å². The standard InChI is InChI=1S/C24H23FN2O4/c25-16-9-11-18(12-10-16)30-15-19-13-14-22(31-19)24(29)27-21-8-4-3-7-20(21)23(28)26-17-5-1-2-6-17/h3-4,7-14,17H,1-2,5-6,15H2,(H,26,28)(H,27,29). The van der Waals surface area contributed by atoms with Gasteiger partial charge in [-0.1, -0.05) is 25.0 Å². The van der Waals surface area contributed by atoms with Gasteiger partial charge in [-0.3, -0.25) is 9.59 Å². The fourth-order valence-corrected chi connectivity index (χ4v) is 3.57. The van der Waals surface area contributed by atoms with Crippen LogP contribution in [0.5, 0.6) is 5.75 Å². The zero-order chi connectivity index (χ0) is 21.6. The second-order valence-electron chi connectivity index (χ2n) is 7.46. The van der Waals surface area contributed by atoms with E-state index in [1.807, 2.05) is 0 Å². The van der Waals surface area contributed by atoms with Crippen molar-refractivity contribution in [2.45, 2.75) is 38.3 Å². The molecule has 160 valence electrons. The van der Waals surface area contributed by atoms with Crippen LogP contribution in [0.3, 0.4) is 0 Å². The van der Waals surface area contributed by atoms with Gasteiger partial charge in [0.1, 0.15) is 23.9 Å². The molecule has 0 unspecified atom stereocenters. The van der Waals surface area contributed by atoms with Crippen LogP contribution >= 0.6 is 0 Å². The molecule has 0 aliphatic heterocycles. The monoisotopic (exact) mass is 422 g/mol. The first kappa shape index (κ1) is 20.7. The molecule has 1 heterocycles. The predicted octanol–water partition coefficient (Wildman–Crippen LogP) is 4.92. The number of benzene rings is 2. The van der Waals surface area contributed by atoms with Crippen molar-refractivity contribution in [2.75, 3.05) is 5.32 Å². The van der Waals surface area contributed by atoms with Crippen molar-refractivity contribution < 1.29 is 23.1 Å². The van der Waals surface area contributed by atoms with Gasteiger partial charge in [-0.05, 0) is 61.4 Å². The summed E-state index contributed by atoms with van der Waals surface area (Å²) < 4.78 is 24.0. The van der Waals surface area contributed by atoms with Gasteiger partial charge in [0.2, 0.25) is 0 Å². The summed E-state index contributed by atoms with van der Waals surface area (Å²) in [5.74, 6) is 0.0303. The van der Waals surface area contributed by atoms with Gasteiger partial charge in [0.05, 0.1) is 11.3 Å². The van der Waals surface area contributed by atoms with Crippen molar-refractivity contribution >= 4 is 17.5 Å². The molecule has 7 heteroatoms. The minimum absolute atomic E-state index is 0.0965. The average molecular weight is 422 g/mol. The first-order valence-corrected chi connectivity index (χ1v) is 10.3. The Labute approximate surface area is 179 Å². The Morgan fingerprint density at radius 1 is 0.968 bits per heavy atom. The number of hydrogen-bond acceptors (Lipinski definition) is 4. The van der Waals surface area contributed by atoms with Crippen molar-refractivity contribution in [2.24, 2.45) is 0 Å². The molecule has 2 amide bonds. The van der Waals surface area contributed by atoms with Crippen LogP contribution in [0.25, 0.3) is 0 Å². The van der Waals surface area contributed by atoms with E-state index < -0.39 is 5.91 Å². The van der Waals surface area contributed by atoms with Gasteiger partial charge >= 0.3 is 0 Å². The topological polar surface area (TPSA) is 80.6 Å². The largest absolute Gasteiger partial charge is 0.486 e. The summed E-state index contributed by atoms with van der Waals surface area (Å²) in [4.78, 5) is 25.3. The lowest BCUT2D eigenvalue weighted by Gasteiger charge is -2.14. The number of halogens is 1. The second-order valence-corrected chi connectivity index (χ2v) is 7.46. The van der Waals surface area contributed by atoms with E-state index in [0.29, 0.717) is 22.8 Å². The molecule has 31 heavy (non-hydrogen) atoms. The summed E-state index contributed by atoms with van der Waals surface area (Å²) in [6, 6.07) is 15.9. The van der Waals surface area contributed by atoms with Crippen LogP contribution in [0.4, 0.5) is 10.1 Å². The number of carbonyl (C=O) groups is 2. The van der Waals surface area contributed by atoms with E-state index in [2.05, 4.69) is 10.6 Å². The van der Waals surface area contributed by atoms with Crippen LogP contribution in [0.2, 0.25) is 0 Å². The van der Waals surface area contributed by atoms with E-state index in [-0.39, 0.29) is 30.1 Å². The van der Waals surface area contributed by atoms with E-state index >= 15 is 0 Å². The van der Waals surface area contributed by atoms with Crippen LogP contribution in [0.1, 0.15) is 52.4 Å². The molecule has 1 fully saturated rings. The summed E-state index contributed by atoms with van der Waals surface area (Å²) in [7, 11) is 0. The van der Waals surface area contributed by atoms with Crippen molar-refractivity contribution in [3.05, 3.63) is 83.6 Å². The molecule has 4 rings (SSSR count). The maximum absolute atomic E-state index is 13.0. The number of amides is 2. The minimum Gasteiger partial charge on any atom is -0.486 e. The Hall–Kier alpha value is -3.61. The first-order valence-electron chi connectivity index (χ1n) is 10.3. The molecule has 3 aromatic rings. The number of para-hydroxylation sites is 1. The molecule has 1 aliphatic carbocycles. The molecule has 0 bridgehead atoms. The van der Waals surface area contributed by atoms with Crippen molar-refractivity contribution in [1.29, 1.82) is 0 Å². The van der Waals surface area contributed by atoms with E-state index in [4.69, 9.17) is 9.15 Å². The van der Waals surface area contributed by atoms with Gasteiger partial charge in [-0.25, -0.2) is 4.39 Å². The highest BCUT2D eigenvalue weighted by Crippen LogP contribution is 2.21. The summed E-state index contributed by atoms with van der Waals surface area (Å²) >= 11 is 0. The minimum atomic E-state index is -0.464. The van der Waals surface area contributed by atoms with Gasteiger partial charge < -0.3 is 19.8 Å². The molecular formula is C24H23FN2O4. The number of hydrogen-bond donors (Lipinski definition) is 2. The molecular weight excluding hydrogens is 399 g/mol. The molecule has 0 atom stereocenters. The predicted molar refractivity (Wildman–Crippen MR) is 114 cm³/mol. The number of furan rings is 1. The molecule has 6 nitrogen and oxygen atoms in total. The third-order valence-electron chi connectivity index (χ3n) is 5.19. The van der Waals surface area contributed by atoms with Crippen molar-refractivity contribution in [1.82, 2.24) is 5.32 Å². The SMILES string of the molecule is O=C(Nc1ccccc1C(=O)NC1CCCC1)c1ccc(COc2ccc(F)cc2)o1. The van der Waals surface area contributed by atoms with Gasteiger partial charge in [-0.2, -0.15) is 0 Å². The quantitative estimate of drug-likeness (QED) is 0.566. The second kappa shape index (κ2) is 9.47. The molecule has 0 saturated heterocycles. The molecule has 1 aromatic heterocycles. The third-order valence-corrected chi connectivity index (χ3v) is 5.19. The molecule has 2 N–H and O–H groups in total. The molecule has 0 radical (unpaired) electrons. The molecule has 0 spiro atoms. The summed E-state index contributed by atoms with van der Waals surface area (Å²) in [5, 5.41) is 5.78. The highest BCUT2D eigenvalue weighted by Gasteiger charge is 2.21.